The van der Waals surface area contributed by atoms with Crippen molar-refractivity contribution < 1.29 is 9.90 Å². The van der Waals surface area contributed by atoms with Crippen molar-refractivity contribution >= 4 is 5.91 Å². The van der Waals surface area contributed by atoms with Gasteiger partial charge in [-0.1, -0.05) is 88.2 Å². The molecule has 220 valence electrons. The SMILES string of the molecule is CCCCn1c(-c2c(CC)cccc2CC)nc(-c2ccccc2)c1CN1CCCCC1c1ccc(C(N)=O)c(O)c1. The van der Waals surface area contributed by atoms with Crippen LogP contribution < -0.4 is 5.73 Å². The number of carbonyl (C=O) groups is 1. The molecule has 4 aromatic rings. The molecule has 1 atom stereocenters. The Kier molecular flexibility index (Phi) is 9.43. The number of aromatic hydroxyl groups is 1. The monoisotopic (exact) mass is 564 g/mol. The minimum absolute atomic E-state index is 0.0472. The first-order valence-electron chi connectivity index (χ1n) is 15.6. The molecule has 42 heavy (non-hydrogen) atoms. The minimum Gasteiger partial charge on any atom is -0.507 e. The van der Waals surface area contributed by atoms with Crippen molar-refractivity contribution in [2.24, 2.45) is 5.73 Å². The largest absolute Gasteiger partial charge is 0.507 e. The second kappa shape index (κ2) is 13.4. The molecule has 1 aliphatic heterocycles. The van der Waals surface area contributed by atoms with Gasteiger partial charge in [0.1, 0.15) is 11.6 Å². The summed E-state index contributed by atoms with van der Waals surface area (Å²) in [5, 5.41) is 10.6. The second-order valence-corrected chi connectivity index (χ2v) is 11.4. The molecule has 0 bridgehead atoms. The quantitative estimate of drug-likeness (QED) is 0.196. The molecule has 2 heterocycles. The van der Waals surface area contributed by atoms with Gasteiger partial charge in [0.2, 0.25) is 0 Å². The number of imidazole rings is 1. The van der Waals surface area contributed by atoms with Crippen molar-refractivity contribution in [2.75, 3.05) is 6.54 Å². The highest BCUT2D eigenvalue weighted by Crippen LogP contribution is 2.39. The van der Waals surface area contributed by atoms with Gasteiger partial charge in [-0.25, -0.2) is 4.98 Å². The molecule has 1 aromatic heterocycles. The third-order valence-corrected chi connectivity index (χ3v) is 8.72. The number of amides is 1. The van der Waals surface area contributed by atoms with Crippen molar-refractivity contribution in [1.29, 1.82) is 0 Å². The van der Waals surface area contributed by atoms with E-state index in [4.69, 9.17) is 10.7 Å². The Morgan fingerprint density at radius 2 is 1.71 bits per heavy atom. The van der Waals surface area contributed by atoms with Crippen LogP contribution in [0, 0.1) is 0 Å². The molecule has 6 heteroatoms. The van der Waals surface area contributed by atoms with Crippen LogP contribution >= 0.6 is 0 Å². The smallest absolute Gasteiger partial charge is 0.252 e. The maximum Gasteiger partial charge on any atom is 0.252 e. The van der Waals surface area contributed by atoms with E-state index in [1.54, 1.807) is 12.1 Å². The predicted octanol–water partition coefficient (Wildman–Crippen LogP) is 7.67. The van der Waals surface area contributed by atoms with Crippen LogP contribution in [0.25, 0.3) is 22.6 Å². The van der Waals surface area contributed by atoms with Crippen molar-refractivity contribution in [1.82, 2.24) is 14.5 Å². The minimum atomic E-state index is -0.613. The number of nitrogens with two attached hydrogens (primary N) is 1. The lowest BCUT2D eigenvalue weighted by molar-refractivity contribution is 0.0997. The Morgan fingerprint density at radius 1 is 0.976 bits per heavy atom. The Hall–Kier alpha value is -3.90. The molecule has 0 aliphatic carbocycles. The summed E-state index contributed by atoms with van der Waals surface area (Å²) in [7, 11) is 0. The third kappa shape index (κ3) is 6.00. The van der Waals surface area contributed by atoms with Gasteiger partial charge in [-0.15, -0.1) is 0 Å². The zero-order chi connectivity index (χ0) is 29.6. The number of hydrogen-bond acceptors (Lipinski definition) is 4. The van der Waals surface area contributed by atoms with Crippen molar-refractivity contribution in [3.05, 3.63) is 94.7 Å². The van der Waals surface area contributed by atoms with Crippen LogP contribution in [0.2, 0.25) is 0 Å². The van der Waals surface area contributed by atoms with E-state index in [0.29, 0.717) is 0 Å². The van der Waals surface area contributed by atoms with Gasteiger partial charge in [0, 0.05) is 30.3 Å². The van der Waals surface area contributed by atoms with E-state index >= 15 is 0 Å². The number of aromatic nitrogens is 2. The third-order valence-electron chi connectivity index (χ3n) is 8.72. The van der Waals surface area contributed by atoms with Crippen molar-refractivity contribution in [3.8, 4) is 28.4 Å². The fourth-order valence-corrected chi connectivity index (χ4v) is 6.47. The molecule has 5 rings (SSSR count). The molecule has 1 amide bonds. The summed E-state index contributed by atoms with van der Waals surface area (Å²) in [5.74, 6) is 0.413. The number of primary amides is 1. The highest BCUT2D eigenvalue weighted by Gasteiger charge is 2.29. The Balaban J connectivity index is 1.66. The van der Waals surface area contributed by atoms with E-state index in [-0.39, 0.29) is 17.4 Å². The molecule has 1 unspecified atom stereocenters. The normalized spacial score (nSPS) is 15.6. The standard InChI is InChI=1S/C36H44N4O2/c1-4-7-22-40-31(24-39-21-12-11-18-30(39)28-19-20-29(35(37)42)32(41)23-28)34(27-14-9-8-10-15-27)38-36(40)33-25(5-2)16-13-17-26(33)6-3/h8-10,13-17,19-20,23,30,41H,4-7,11-12,18,21-22,24H2,1-3H3,(H2,37,42). The van der Waals surface area contributed by atoms with Gasteiger partial charge in [0.05, 0.1) is 17.0 Å². The van der Waals surface area contributed by atoms with E-state index in [1.165, 1.54) is 22.4 Å². The summed E-state index contributed by atoms with van der Waals surface area (Å²) < 4.78 is 2.50. The predicted molar refractivity (Wildman–Crippen MR) is 170 cm³/mol. The summed E-state index contributed by atoms with van der Waals surface area (Å²) in [6.07, 6.45) is 7.33. The van der Waals surface area contributed by atoms with Crippen LogP contribution in [0.1, 0.15) is 91.7 Å². The van der Waals surface area contributed by atoms with E-state index in [1.807, 2.05) is 6.07 Å². The van der Waals surface area contributed by atoms with Crippen LogP contribution in [-0.4, -0.2) is 32.0 Å². The van der Waals surface area contributed by atoms with Gasteiger partial charge < -0.3 is 15.4 Å². The molecule has 0 radical (unpaired) electrons. The van der Waals surface area contributed by atoms with Gasteiger partial charge in [0.25, 0.3) is 5.91 Å². The molecule has 0 saturated carbocycles. The fraction of sp³-hybridized carbons (Fsp3) is 0.389. The average molecular weight is 565 g/mol. The first-order valence-corrected chi connectivity index (χ1v) is 15.6. The van der Waals surface area contributed by atoms with Crippen LogP contribution in [0.15, 0.2) is 66.7 Å². The number of hydrogen-bond donors (Lipinski definition) is 2. The molecule has 1 aliphatic rings. The summed E-state index contributed by atoms with van der Waals surface area (Å²) in [5.41, 5.74) is 14.0. The number of piperidine rings is 1. The van der Waals surface area contributed by atoms with Crippen molar-refractivity contribution in [3.63, 3.8) is 0 Å². The summed E-state index contributed by atoms with van der Waals surface area (Å²) in [4.78, 5) is 19.8. The van der Waals surface area contributed by atoms with Crippen LogP contribution in [0.5, 0.6) is 5.75 Å². The van der Waals surface area contributed by atoms with E-state index < -0.39 is 5.91 Å². The van der Waals surface area contributed by atoms with Crippen LogP contribution in [0.3, 0.4) is 0 Å². The zero-order valence-electron chi connectivity index (χ0n) is 25.3. The molecule has 1 fully saturated rings. The second-order valence-electron chi connectivity index (χ2n) is 11.4. The lowest BCUT2D eigenvalue weighted by Crippen LogP contribution is -2.34. The lowest BCUT2D eigenvalue weighted by atomic mass is 9.93. The maximum atomic E-state index is 11.8. The maximum absolute atomic E-state index is 11.8. The van der Waals surface area contributed by atoms with E-state index in [2.05, 4.69) is 78.8 Å². The number of likely N-dealkylation sites (tertiary alicyclic amines) is 1. The zero-order valence-corrected chi connectivity index (χ0v) is 25.3. The topological polar surface area (TPSA) is 84.4 Å². The summed E-state index contributed by atoms with van der Waals surface area (Å²) >= 11 is 0. The van der Waals surface area contributed by atoms with Gasteiger partial charge in [0.15, 0.2) is 0 Å². The Bertz CT molecular complexity index is 1500. The number of rotatable bonds is 11. The molecule has 1 saturated heterocycles. The number of aryl methyl sites for hydroxylation is 2. The first kappa shape index (κ1) is 29.6. The fourth-order valence-electron chi connectivity index (χ4n) is 6.47. The number of carbonyl (C=O) groups excluding carboxylic acids is 1. The number of nitrogens with zero attached hydrogens (tertiary/aromatic N) is 3. The summed E-state index contributed by atoms with van der Waals surface area (Å²) in [6, 6.07) is 22.7. The number of benzene rings is 3. The van der Waals surface area contributed by atoms with Gasteiger partial charge in [-0.05, 0) is 67.5 Å². The Labute approximate surface area is 250 Å². The van der Waals surface area contributed by atoms with Gasteiger partial charge in [-0.3, -0.25) is 9.69 Å². The molecular formula is C36H44N4O2. The van der Waals surface area contributed by atoms with Crippen LogP contribution in [-0.2, 0) is 25.9 Å². The number of unbranched alkanes of at least 4 members (excludes halogenated alkanes) is 1. The first-order chi connectivity index (χ1) is 20.5. The van der Waals surface area contributed by atoms with E-state index in [9.17, 15) is 9.90 Å². The highest BCUT2D eigenvalue weighted by molar-refractivity contribution is 5.95. The van der Waals surface area contributed by atoms with Gasteiger partial charge in [-0.2, -0.15) is 0 Å². The van der Waals surface area contributed by atoms with E-state index in [0.717, 1.165) is 87.2 Å². The number of phenols is 1. The molecule has 0 spiro atoms. The highest BCUT2D eigenvalue weighted by atomic mass is 16.3. The molecule has 3 N–H and O–H groups in total. The Morgan fingerprint density at radius 3 is 2.36 bits per heavy atom. The molecule has 3 aromatic carbocycles. The van der Waals surface area contributed by atoms with Crippen molar-refractivity contribution in [2.45, 2.75) is 84.8 Å². The molecular weight excluding hydrogens is 520 g/mol. The lowest BCUT2D eigenvalue weighted by Gasteiger charge is -2.36. The molecule has 6 nitrogen and oxygen atoms in total. The van der Waals surface area contributed by atoms with Crippen LogP contribution in [0.4, 0.5) is 0 Å². The average Bonchev–Trinajstić information content (AvgIpc) is 3.37. The van der Waals surface area contributed by atoms with Gasteiger partial charge >= 0.3 is 0 Å². The summed E-state index contributed by atoms with van der Waals surface area (Å²) in [6.45, 7) is 9.32.